The van der Waals surface area contributed by atoms with Gasteiger partial charge in [-0.05, 0) is 30.9 Å². The third kappa shape index (κ3) is 4.83. The molecular weight excluding hydrogens is 424 g/mol. The Morgan fingerprint density at radius 3 is 2.53 bits per heavy atom. The second-order valence-electron chi connectivity index (χ2n) is 8.69. The van der Waals surface area contributed by atoms with Crippen molar-refractivity contribution in [1.82, 2.24) is 19.7 Å². The van der Waals surface area contributed by atoms with Crippen molar-refractivity contribution in [3.63, 3.8) is 0 Å². The monoisotopic (exact) mass is 452 g/mol. The molecule has 0 bridgehead atoms. The summed E-state index contributed by atoms with van der Waals surface area (Å²) < 4.78 is 1.89. The molecule has 0 radical (unpaired) electrons. The van der Waals surface area contributed by atoms with E-state index in [1.807, 2.05) is 41.1 Å². The van der Waals surface area contributed by atoms with Crippen molar-refractivity contribution < 1.29 is 4.79 Å². The van der Waals surface area contributed by atoms with Gasteiger partial charge in [-0.25, -0.2) is 9.67 Å². The first-order chi connectivity index (χ1) is 16.7. The highest BCUT2D eigenvalue weighted by Gasteiger charge is 2.27. The molecule has 1 saturated heterocycles. The van der Waals surface area contributed by atoms with Gasteiger partial charge in [-0.3, -0.25) is 9.78 Å². The van der Waals surface area contributed by atoms with Crippen molar-refractivity contribution in [1.29, 1.82) is 0 Å². The van der Waals surface area contributed by atoms with E-state index in [4.69, 9.17) is 5.10 Å². The number of nitrogens with one attached hydrogen (secondary N) is 1. The number of hydrogen-bond acceptors (Lipinski definition) is 5. The zero-order valence-corrected chi connectivity index (χ0v) is 19.3. The summed E-state index contributed by atoms with van der Waals surface area (Å²) in [6.45, 7) is 4.24. The van der Waals surface area contributed by atoms with Crippen LogP contribution in [0.5, 0.6) is 0 Å². The number of benzene rings is 2. The quantitative estimate of drug-likeness (QED) is 0.464. The molecule has 5 rings (SSSR count). The van der Waals surface area contributed by atoms with Crippen LogP contribution in [-0.2, 0) is 11.3 Å². The van der Waals surface area contributed by atoms with Crippen LogP contribution in [-0.4, -0.2) is 38.7 Å². The second-order valence-corrected chi connectivity index (χ2v) is 8.69. The molecule has 7 heteroatoms. The van der Waals surface area contributed by atoms with Gasteiger partial charge in [-0.15, -0.1) is 0 Å². The predicted octanol–water partition coefficient (Wildman–Crippen LogP) is 4.55. The summed E-state index contributed by atoms with van der Waals surface area (Å²) >= 11 is 0. The maximum atomic E-state index is 13.2. The van der Waals surface area contributed by atoms with E-state index in [-0.39, 0.29) is 11.8 Å². The second kappa shape index (κ2) is 9.87. The predicted molar refractivity (Wildman–Crippen MR) is 134 cm³/mol. The lowest BCUT2D eigenvalue weighted by atomic mass is 9.96. The van der Waals surface area contributed by atoms with E-state index in [2.05, 4.69) is 51.4 Å². The van der Waals surface area contributed by atoms with Gasteiger partial charge in [-0.2, -0.15) is 5.10 Å². The summed E-state index contributed by atoms with van der Waals surface area (Å²) in [7, 11) is 0. The molecule has 7 nitrogen and oxygen atoms in total. The number of piperidine rings is 1. The van der Waals surface area contributed by atoms with Gasteiger partial charge in [0.2, 0.25) is 5.91 Å². The molecule has 1 aliphatic heterocycles. The maximum Gasteiger partial charge on any atom is 0.228 e. The Hall–Kier alpha value is -4.00. The van der Waals surface area contributed by atoms with E-state index in [0.717, 1.165) is 60.0 Å². The number of hydrogen-bond donors (Lipinski definition) is 1. The van der Waals surface area contributed by atoms with Crippen LogP contribution in [0.4, 0.5) is 11.6 Å². The van der Waals surface area contributed by atoms with Crippen LogP contribution in [0.1, 0.15) is 24.0 Å². The summed E-state index contributed by atoms with van der Waals surface area (Å²) in [5.74, 6) is 1.59. The van der Waals surface area contributed by atoms with Crippen LogP contribution in [0.2, 0.25) is 0 Å². The van der Waals surface area contributed by atoms with Gasteiger partial charge >= 0.3 is 0 Å². The van der Waals surface area contributed by atoms with Gasteiger partial charge in [0.1, 0.15) is 11.6 Å². The first-order valence-corrected chi connectivity index (χ1v) is 11.7. The number of carbonyl (C=O) groups excluding carboxylic acids is 1. The molecule has 1 fully saturated rings. The standard InChI is InChI=1S/C27H28N6O/c1-20-7-5-6-10-23(20)24-17-25(33(31-24)19-21-8-3-2-4-9-21)30-27(34)22-11-15-32(16-12-22)26-18-28-13-14-29-26/h2-10,13-14,17-18,22H,11-12,15-16,19H2,1H3,(H,30,34). The van der Waals surface area contributed by atoms with Crippen LogP contribution in [0, 0.1) is 12.8 Å². The number of carbonyl (C=O) groups is 1. The van der Waals surface area contributed by atoms with Crippen LogP contribution < -0.4 is 10.2 Å². The molecule has 1 amide bonds. The summed E-state index contributed by atoms with van der Waals surface area (Å²) in [6.07, 6.45) is 6.71. The van der Waals surface area contributed by atoms with Crippen molar-refractivity contribution >= 4 is 17.5 Å². The Labute approximate surface area is 199 Å². The third-order valence-corrected chi connectivity index (χ3v) is 6.37. The average Bonchev–Trinajstić information content (AvgIpc) is 3.27. The van der Waals surface area contributed by atoms with Gasteiger partial charge in [0.25, 0.3) is 0 Å². The van der Waals surface area contributed by atoms with Gasteiger partial charge in [0.05, 0.1) is 18.4 Å². The minimum atomic E-state index is -0.0464. The maximum absolute atomic E-state index is 13.2. The molecule has 0 aliphatic carbocycles. The number of anilines is 2. The topological polar surface area (TPSA) is 75.9 Å². The lowest BCUT2D eigenvalue weighted by Gasteiger charge is -2.31. The molecule has 0 saturated carbocycles. The Morgan fingerprint density at radius 2 is 1.79 bits per heavy atom. The number of nitrogens with zero attached hydrogens (tertiary/aromatic N) is 5. The molecular formula is C27H28N6O. The normalized spacial score (nSPS) is 14.2. The Bertz CT molecular complexity index is 1250. The Kier molecular flexibility index (Phi) is 6.33. The Balaban J connectivity index is 1.34. The molecule has 4 aromatic rings. The van der Waals surface area contributed by atoms with Gasteiger partial charge in [0, 0.05) is 43.0 Å². The highest BCUT2D eigenvalue weighted by atomic mass is 16.2. The molecule has 2 aromatic carbocycles. The van der Waals surface area contributed by atoms with Crippen molar-refractivity contribution in [2.45, 2.75) is 26.3 Å². The summed E-state index contributed by atoms with van der Waals surface area (Å²) in [6, 6.07) is 20.4. The number of amides is 1. The SMILES string of the molecule is Cc1ccccc1-c1cc(NC(=O)C2CCN(c3cnccn3)CC2)n(Cc2ccccc2)n1. The molecule has 0 unspecified atom stereocenters. The minimum Gasteiger partial charge on any atom is -0.355 e. The summed E-state index contributed by atoms with van der Waals surface area (Å²) in [4.78, 5) is 24.0. The molecule has 1 aliphatic rings. The van der Waals surface area contributed by atoms with Crippen LogP contribution in [0.25, 0.3) is 11.3 Å². The minimum absolute atomic E-state index is 0.0457. The van der Waals surface area contributed by atoms with E-state index in [9.17, 15) is 4.79 Å². The molecule has 34 heavy (non-hydrogen) atoms. The lowest BCUT2D eigenvalue weighted by Crippen LogP contribution is -2.38. The van der Waals surface area contributed by atoms with Gasteiger partial charge < -0.3 is 10.2 Å². The molecule has 0 atom stereocenters. The van der Waals surface area contributed by atoms with E-state index in [1.54, 1.807) is 18.6 Å². The molecule has 1 N–H and O–H groups in total. The van der Waals surface area contributed by atoms with E-state index >= 15 is 0 Å². The third-order valence-electron chi connectivity index (χ3n) is 6.37. The highest BCUT2D eigenvalue weighted by Crippen LogP contribution is 2.27. The highest BCUT2D eigenvalue weighted by molar-refractivity contribution is 5.92. The average molecular weight is 453 g/mol. The molecule has 2 aromatic heterocycles. The number of aromatic nitrogens is 4. The van der Waals surface area contributed by atoms with Crippen molar-refractivity contribution in [3.8, 4) is 11.3 Å². The van der Waals surface area contributed by atoms with Crippen molar-refractivity contribution in [2.24, 2.45) is 5.92 Å². The molecule has 3 heterocycles. The molecule has 0 spiro atoms. The molecule has 172 valence electrons. The zero-order valence-electron chi connectivity index (χ0n) is 19.3. The summed E-state index contributed by atoms with van der Waals surface area (Å²) in [5.41, 5.74) is 4.22. The fourth-order valence-corrected chi connectivity index (χ4v) is 4.44. The fraction of sp³-hybridized carbons (Fsp3) is 0.259. The fourth-order valence-electron chi connectivity index (χ4n) is 4.44. The lowest BCUT2D eigenvalue weighted by molar-refractivity contribution is -0.120. The summed E-state index contributed by atoms with van der Waals surface area (Å²) in [5, 5.41) is 8.04. The first kappa shape index (κ1) is 21.8. The zero-order chi connectivity index (χ0) is 23.3. The van der Waals surface area contributed by atoms with E-state index in [1.165, 1.54) is 0 Å². The van der Waals surface area contributed by atoms with Gasteiger partial charge in [-0.1, -0.05) is 54.6 Å². The van der Waals surface area contributed by atoms with Gasteiger partial charge in [0.15, 0.2) is 0 Å². The van der Waals surface area contributed by atoms with Crippen molar-refractivity contribution in [2.75, 3.05) is 23.3 Å². The first-order valence-electron chi connectivity index (χ1n) is 11.7. The van der Waals surface area contributed by atoms with Crippen LogP contribution in [0.3, 0.4) is 0 Å². The van der Waals surface area contributed by atoms with E-state index < -0.39 is 0 Å². The van der Waals surface area contributed by atoms with E-state index in [0.29, 0.717) is 6.54 Å². The van der Waals surface area contributed by atoms with Crippen LogP contribution in [0.15, 0.2) is 79.3 Å². The van der Waals surface area contributed by atoms with Crippen molar-refractivity contribution in [3.05, 3.63) is 90.4 Å². The Morgan fingerprint density at radius 1 is 1.03 bits per heavy atom. The largest absolute Gasteiger partial charge is 0.355 e. The van der Waals surface area contributed by atoms with Crippen LogP contribution >= 0.6 is 0 Å². The smallest absolute Gasteiger partial charge is 0.228 e. The number of aryl methyl sites for hydroxylation is 1. The number of rotatable bonds is 6.